The fourth-order valence-electron chi connectivity index (χ4n) is 6.53. The van der Waals surface area contributed by atoms with Crippen molar-refractivity contribution in [3.63, 3.8) is 0 Å². The Morgan fingerprint density at radius 2 is 1.81 bits per heavy atom. The highest BCUT2D eigenvalue weighted by Crippen LogP contribution is 2.37. The molecule has 2 aromatic heterocycles. The Hall–Kier alpha value is -4.40. The van der Waals surface area contributed by atoms with Crippen molar-refractivity contribution in [1.29, 1.82) is 0 Å². The zero-order chi connectivity index (χ0) is 29.1. The number of amides is 2. The molecule has 6 rings (SSSR count). The van der Waals surface area contributed by atoms with E-state index >= 15 is 0 Å². The fraction of sp³-hybridized carbons (Fsp3) is 0.394. The molecular formula is C33H36N4O5. The molecule has 2 amide bonds. The highest BCUT2D eigenvalue weighted by atomic mass is 16.4. The number of imidazole rings is 1. The van der Waals surface area contributed by atoms with Gasteiger partial charge in [0.1, 0.15) is 17.6 Å². The van der Waals surface area contributed by atoms with Gasteiger partial charge >= 0.3 is 5.97 Å². The number of anilines is 1. The van der Waals surface area contributed by atoms with Crippen molar-refractivity contribution in [2.45, 2.75) is 82.2 Å². The molecule has 42 heavy (non-hydrogen) atoms. The monoisotopic (exact) mass is 568 g/mol. The zero-order valence-corrected chi connectivity index (χ0v) is 23.6. The predicted octanol–water partition coefficient (Wildman–Crippen LogP) is 6.50. The van der Waals surface area contributed by atoms with Crippen LogP contribution >= 0.6 is 0 Å². The summed E-state index contributed by atoms with van der Waals surface area (Å²) in [5, 5.41) is 15.1. The first-order valence-electron chi connectivity index (χ1n) is 14.9. The van der Waals surface area contributed by atoms with Crippen LogP contribution in [0.2, 0.25) is 0 Å². The van der Waals surface area contributed by atoms with Gasteiger partial charge in [0.25, 0.3) is 5.91 Å². The van der Waals surface area contributed by atoms with Crippen LogP contribution in [0.15, 0.2) is 65.5 Å². The van der Waals surface area contributed by atoms with Crippen LogP contribution in [0, 0.1) is 0 Å². The summed E-state index contributed by atoms with van der Waals surface area (Å²) in [6, 6.07) is 15.1. The third kappa shape index (κ3) is 5.68. The Morgan fingerprint density at radius 1 is 1.00 bits per heavy atom. The minimum atomic E-state index is -1.02. The van der Waals surface area contributed by atoms with Gasteiger partial charge in [-0.3, -0.25) is 14.4 Å². The fourth-order valence-corrected chi connectivity index (χ4v) is 6.53. The van der Waals surface area contributed by atoms with Gasteiger partial charge < -0.3 is 24.7 Å². The summed E-state index contributed by atoms with van der Waals surface area (Å²) in [5.74, 6) is -0.580. The molecule has 2 aliphatic rings. The summed E-state index contributed by atoms with van der Waals surface area (Å²) in [6.07, 6.45) is 12.3. The quantitative estimate of drug-likeness (QED) is 0.212. The number of carbonyl (C=O) groups is 3. The summed E-state index contributed by atoms with van der Waals surface area (Å²) < 4.78 is 7.67. The van der Waals surface area contributed by atoms with Crippen molar-refractivity contribution >= 4 is 34.5 Å². The van der Waals surface area contributed by atoms with Gasteiger partial charge in [-0.1, -0.05) is 44.2 Å². The number of fused-ring (bicyclic) bond motifs is 1. The molecule has 9 nitrogen and oxygen atoms in total. The SMILES string of the molecule is O=C(O)CCc1cccc(NC(=O)C2(NC(=O)c3ccc4c(c3)nc(-c3ccoc3)n4C3CCCCC3)CCCC2)c1. The van der Waals surface area contributed by atoms with Gasteiger partial charge in [0.05, 0.1) is 22.9 Å². The van der Waals surface area contributed by atoms with Gasteiger partial charge in [-0.2, -0.15) is 0 Å². The number of aromatic nitrogens is 2. The zero-order valence-electron chi connectivity index (χ0n) is 23.6. The number of aryl methyl sites for hydroxylation is 1. The van der Waals surface area contributed by atoms with E-state index in [-0.39, 0.29) is 18.2 Å². The maximum Gasteiger partial charge on any atom is 0.303 e. The molecule has 2 fully saturated rings. The lowest BCUT2D eigenvalue weighted by atomic mass is 9.94. The Morgan fingerprint density at radius 3 is 2.55 bits per heavy atom. The molecule has 0 saturated heterocycles. The number of aliphatic carboxylic acids is 1. The second-order valence-electron chi connectivity index (χ2n) is 11.6. The maximum absolute atomic E-state index is 13.6. The number of hydrogen-bond donors (Lipinski definition) is 3. The number of benzene rings is 2. The Balaban J connectivity index is 1.24. The van der Waals surface area contributed by atoms with Crippen molar-refractivity contribution in [3.8, 4) is 11.4 Å². The molecule has 0 radical (unpaired) electrons. The molecule has 218 valence electrons. The highest BCUT2D eigenvalue weighted by molar-refractivity contribution is 6.05. The minimum Gasteiger partial charge on any atom is -0.481 e. The van der Waals surface area contributed by atoms with Crippen LogP contribution in [0.5, 0.6) is 0 Å². The number of hydrogen-bond acceptors (Lipinski definition) is 5. The van der Waals surface area contributed by atoms with E-state index in [4.69, 9.17) is 14.5 Å². The summed E-state index contributed by atoms with van der Waals surface area (Å²) in [4.78, 5) is 43.2. The molecule has 2 aromatic carbocycles. The van der Waals surface area contributed by atoms with Crippen molar-refractivity contribution in [2.24, 2.45) is 0 Å². The van der Waals surface area contributed by atoms with E-state index in [9.17, 15) is 14.4 Å². The second-order valence-corrected chi connectivity index (χ2v) is 11.6. The van der Waals surface area contributed by atoms with E-state index < -0.39 is 11.5 Å². The first kappa shape index (κ1) is 27.8. The van der Waals surface area contributed by atoms with Crippen molar-refractivity contribution < 1.29 is 23.9 Å². The summed E-state index contributed by atoms with van der Waals surface area (Å²) >= 11 is 0. The molecule has 2 saturated carbocycles. The molecule has 3 N–H and O–H groups in total. The van der Waals surface area contributed by atoms with Gasteiger partial charge in [-0.15, -0.1) is 0 Å². The van der Waals surface area contributed by atoms with Crippen LogP contribution in [0.4, 0.5) is 5.69 Å². The summed E-state index contributed by atoms with van der Waals surface area (Å²) in [7, 11) is 0. The number of nitrogens with one attached hydrogen (secondary N) is 2. The predicted molar refractivity (Wildman–Crippen MR) is 159 cm³/mol. The number of carbonyl (C=O) groups excluding carboxylic acids is 2. The van der Waals surface area contributed by atoms with Gasteiger partial charge in [0, 0.05) is 23.7 Å². The third-order valence-corrected chi connectivity index (χ3v) is 8.73. The minimum absolute atomic E-state index is 0.0181. The second kappa shape index (κ2) is 11.8. The smallest absolute Gasteiger partial charge is 0.303 e. The van der Waals surface area contributed by atoms with E-state index in [1.807, 2.05) is 30.3 Å². The number of furan rings is 1. The van der Waals surface area contributed by atoms with Crippen molar-refractivity contribution in [3.05, 3.63) is 72.2 Å². The molecule has 0 unspecified atom stereocenters. The lowest BCUT2D eigenvalue weighted by Gasteiger charge is -2.29. The van der Waals surface area contributed by atoms with Gasteiger partial charge in [0.15, 0.2) is 0 Å². The normalized spacial score (nSPS) is 16.9. The van der Waals surface area contributed by atoms with Gasteiger partial charge in [-0.25, -0.2) is 4.98 Å². The lowest BCUT2D eigenvalue weighted by molar-refractivity contribution is -0.137. The lowest BCUT2D eigenvalue weighted by Crippen LogP contribution is -2.55. The Kier molecular flexibility index (Phi) is 7.82. The van der Waals surface area contributed by atoms with Crippen molar-refractivity contribution in [2.75, 3.05) is 5.32 Å². The van der Waals surface area contributed by atoms with Gasteiger partial charge in [0.2, 0.25) is 5.91 Å². The number of carboxylic acids is 1. The average Bonchev–Trinajstić information content (AvgIpc) is 3.77. The molecule has 0 spiro atoms. The van der Waals surface area contributed by atoms with E-state index in [1.165, 1.54) is 19.3 Å². The van der Waals surface area contributed by atoms with Crippen LogP contribution in [-0.2, 0) is 16.0 Å². The van der Waals surface area contributed by atoms with E-state index in [0.717, 1.165) is 53.7 Å². The standard InChI is InChI=1S/C33H36N4O5/c38-29(39)14-11-22-7-6-8-25(19-22)34-32(41)33(16-4-5-17-33)36-31(40)23-12-13-28-27(20-23)35-30(24-15-18-42-21-24)37(28)26-9-2-1-3-10-26/h6-8,12-13,15,18-21,26H,1-5,9-11,14,16-17H2,(H,34,41)(H,36,40)(H,38,39). The molecule has 9 heteroatoms. The molecule has 4 aromatic rings. The van der Waals surface area contributed by atoms with Crippen LogP contribution < -0.4 is 10.6 Å². The van der Waals surface area contributed by atoms with Gasteiger partial charge in [-0.05, 0) is 74.1 Å². The first-order valence-corrected chi connectivity index (χ1v) is 14.9. The number of carboxylic acid groups (broad SMARTS) is 1. The number of nitrogens with zero attached hydrogens (tertiary/aromatic N) is 2. The first-order chi connectivity index (χ1) is 20.4. The van der Waals surface area contributed by atoms with Crippen LogP contribution in [0.3, 0.4) is 0 Å². The molecule has 0 bridgehead atoms. The molecule has 0 atom stereocenters. The molecule has 2 heterocycles. The maximum atomic E-state index is 13.6. The Bertz CT molecular complexity index is 1590. The van der Waals surface area contributed by atoms with Crippen LogP contribution in [0.25, 0.3) is 22.4 Å². The summed E-state index contributed by atoms with van der Waals surface area (Å²) in [6.45, 7) is 0. The number of rotatable bonds is 9. The summed E-state index contributed by atoms with van der Waals surface area (Å²) in [5.41, 5.74) is 3.51. The average molecular weight is 569 g/mol. The van der Waals surface area contributed by atoms with E-state index in [0.29, 0.717) is 36.6 Å². The van der Waals surface area contributed by atoms with Crippen LogP contribution in [-0.4, -0.2) is 38.0 Å². The van der Waals surface area contributed by atoms with Crippen molar-refractivity contribution in [1.82, 2.24) is 14.9 Å². The molecule has 2 aliphatic carbocycles. The van der Waals surface area contributed by atoms with E-state index in [1.54, 1.807) is 30.7 Å². The third-order valence-electron chi connectivity index (χ3n) is 8.73. The molecule has 0 aliphatic heterocycles. The molecular weight excluding hydrogens is 532 g/mol. The highest BCUT2D eigenvalue weighted by Gasteiger charge is 2.42. The van der Waals surface area contributed by atoms with Crippen LogP contribution in [0.1, 0.15) is 86.2 Å². The Labute approximate surface area is 244 Å². The largest absolute Gasteiger partial charge is 0.481 e. The topological polar surface area (TPSA) is 126 Å². The van der Waals surface area contributed by atoms with E-state index in [2.05, 4.69) is 15.2 Å².